The summed E-state index contributed by atoms with van der Waals surface area (Å²) in [7, 11) is 2.16. The quantitative estimate of drug-likeness (QED) is 0.701. The molecule has 0 aromatic heterocycles. The van der Waals surface area contributed by atoms with Gasteiger partial charge < -0.3 is 4.90 Å². The lowest BCUT2D eigenvalue weighted by Crippen LogP contribution is -2.33. The molecule has 1 nitrogen and oxygen atoms in total. The molecular weight excluding hydrogens is 246 g/mol. The van der Waals surface area contributed by atoms with Gasteiger partial charge in [0.1, 0.15) is 0 Å². The number of benzene rings is 1. The van der Waals surface area contributed by atoms with Crippen LogP contribution >= 0.6 is 27.7 Å². The van der Waals surface area contributed by atoms with Crippen LogP contribution in [-0.4, -0.2) is 18.8 Å². The first-order chi connectivity index (χ1) is 6.18. The number of thioether (sulfide) groups is 1. The van der Waals surface area contributed by atoms with Crippen LogP contribution in [0.1, 0.15) is 6.92 Å². The Kier molecular flexibility index (Phi) is 2.56. The van der Waals surface area contributed by atoms with Crippen LogP contribution in [0.3, 0.4) is 0 Å². The van der Waals surface area contributed by atoms with Gasteiger partial charge in [0.2, 0.25) is 0 Å². The number of fused-ring (bicyclic) bond motifs is 1. The minimum Gasteiger partial charge on any atom is -0.370 e. The molecule has 70 valence electrons. The van der Waals surface area contributed by atoms with E-state index in [0.29, 0.717) is 6.04 Å². The van der Waals surface area contributed by atoms with E-state index in [1.54, 1.807) is 0 Å². The van der Waals surface area contributed by atoms with Crippen LogP contribution < -0.4 is 4.90 Å². The Balaban J connectivity index is 2.45. The molecule has 3 heteroatoms. The first-order valence-corrected chi connectivity index (χ1v) is 6.11. The molecule has 0 N–H and O–H groups in total. The third-order valence-corrected chi connectivity index (χ3v) is 4.24. The van der Waals surface area contributed by atoms with Gasteiger partial charge in [0.25, 0.3) is 0 Å². The topological polar surface area (TPSA) is 3.24 Å². The zero-order valence-corrected chi connectivity index (χ0v) is 10.2. The minimum absolute atomic E-state index is 0.631. The number of nitrogens with zero attached hydrogens (tertiary/aromatic N) is 1. The van der Waals surface area contributed by atoms with Crippen molar-refractivity contribution in [3.8, 4) is 0 Å². The molecule has 2 rings (SSSR count). The molecule has 0 amide bonds. The highest BCUT2D eigenvalue weighted by Gasteiger charge is 2.19. The summed E-state index contributed by atoms with van der Waals surface area (Å²) in [5.74, 6) is 1.19. The molecule has 1 aromatic carbocycles. The third kappa shape index (κ3) is 1.72. The molecular formula is C10H12BrNS. The molecule has 1 aromatic rings. The fraction of sp³-hybridized carbons (Fsp3) is 0.400. The van der Waals surface area contributed by atoms with Crippen LogP contribution in [-0.2, 0) is 0 Å². The SMILES string of the molecule is CC1CSc2ccc(Br)cc2N1C. The summed E-state index contributed by atoms with van der Waals surface area (Å²) in [6.45, 7) is 2.26. The molecule has 1 aliphatic rings. The lowest BCUT2D eigenvalue weighted by Gasteiger charge is -2.33. The maximum atomic E-state index is 3.50. The van der Waals surface area contributed by atoms with Crippen molar-refractivity contribution in [2.75, 3.05) is 17.7 Å². The average molecular weight is 258 g/mol. The molecule has 0 saturated carbocycles. The summed E-state index contributed by atoms with van der Waals surface area (Å²) in [4.78, 5) is 3.74. The lowest BCUT2D eigenvalue weighted by atomic mass is 10.2. The first-order valence-electron chi connectivity index (χ1n) is 4.33. The van der Waals surface area contributed by atoms with Gasteiger partial charge in [-0.3, -0.25) is 0 Å². The predicted octanol–water partition coefficient (Wildman–Crippen LogP) is 3.38. The molecule has 0 spiro atoms. The Morgan fingerprint density at radius 3 is 3.08 bits per heavy atom. The zero-order chi connectivity index (χ0) is 9.42. The van der Waals surface area contributed by atoms with Crippen LogP contribution in [0.25, 0.3) is 0 Å². The third-order valence-electron chi connectivity index (χ3n) is 2.44. The summed E-state index contributed by atoms with van der Waals surface area (Å²) >= 11 is 5.45. The van der Waals surface area contributed by atoms with E-state index >= 15 is 0 Å². The fourth-order valence-electron chi connectivity index (χ4n) is 1.45. The number of halogens is 1. The Bertz CT molecular complexity index is 327. The second kappa shape index (κ2) is 3.54. The van der Waals surface area contributed by atoms with Crippen molar-refractivity contribution in [2.45, 2.75) is 17.9 Å². The Morgan fingerprint density at radius 1 is 1.54 bits per heavy atom. The van der Waals surface area contributed by atoms with Crippen molar-refractivity contribution >= 4 is 33.4 Å². The lowest BCUT2D eigenvalue weighted by molar-refractivity contribution is 0.747. The highest BCUT2D eigenvalue weighted by molar-refractivity contribution is 9.10. The number of anilines is 1. The van der Waals surface area contributed by atoms with Gasteiger partial charge in [0, 0.05) is 28.2 Å². The van der Waals surface area contributed by atoms with Gasteiger partial charge in [-0.2, -0.15) is 0 Å². The second-order valence-corrected chi connectivity index (χ2v) is 5.36. The maximum Gasteiger partial charge on any atom is 0.0515 e. The van der Waals surface area contributed by atoms with Gasteiger partial charge in [0.05, 0.1) is 5.69 Å². The van der Waals surface area contributed by atoms with E-state index < -0.39 is 0 Å². The van der Waals surface area contributed by atoms with Crippen molar-refractivity contribution in [1.29, 1.82) is 0 Å². The number of rotatable bonds is 0. The van der Waals surface area contributed by atoms with Crippen molar-refractivity contribution in [3.05, 3.63) is 22.7 Å². The van der Waals surface area contributed by atoms with E-state index in [2.05, 4.69) is 53.0 Å². The summed E-state index contributed by atoms with van der Waals surface area (Å²) < 4.78 is 1.16. The van der Waals surface area contributed by atoms with E-state index in [1.807, 2.05) is 11.8 Å². The normalized spacial score (nSPS) is 21.5. The highest BCUT2D eigenvalue weighted by atomic mass is 79.9. The van der Waals surface area contributed by atoms with Gasteiger partial charge in [-0.25, -0.2) is 0 Å². The van der Waals surface area contributed by atoms with Crippen molar-refractivity contribution in [2.24, 2.45) is 0 Å². The molecule has 1 atom stereocenters. The van der Waals surface area contributed by atoms with Crippen LogP contribution in [0.15, 0.2) is 27.6 Å². The van der Waals surface area contributed by atoms with Gasteiger partial charge in [-0.15, -0.1) is 11.8 Å². The molecule has 0 saturated heterocycles. The number of hydrogen-bond acceptors (Lipinski definition) is 2. The van der Waals surface area contributed by atoms with E-state index in [0.717, 1.165) is 4.47 Å². The smallest absolute Gasteiger partial charge is 0.0515 e. The summed E-state index contributed by atoms with van der Waals surface area (Å²) in [5.41, 5.74) is 1.35. The molecule has 13 heavy (non-hydrogen) atoms. The van der Waals surface area contributed by atoms with Crippen LogP contribution in [0, 0.1) is 0 Å². The fourth-order valence-corrected chi connectivity index (χ4v) is 2.96. The Hall–Kier alpha value is -0.150. The average Bonchev–Trinajstić information content (AvgIpc) is 2.12. The van der Waals surface area contributed by atoms with Gasteiger partial charge >= 0.3 is 0 Å². The molecule has 0 aliphatic carbocycles. The van der Waals surface area contributed by atoms with Gasteiger partial charge in [0.15, 0.2) is 0 Å². The van der Waals surface area contributed by atoms with E-state index in [1.165, 1.54) is 16.3 Å². The minimum atomic E-state index is 0.631. The van der Waals surface area contributed by atoms with Gasteiger partial charge in [-0.1, -0.05) is 15.9 Å². The zero-order valence-electron chi connectivity index (χ0n) is 7.75. The number of hydrogen-bond donors (Lipinski definition) is 0. The largest absolute Gasteiger partial charge is 0.370 e. The monoisotopic (exact) mass is 257 g/mol. The molecule has 0 fully saturated rings. The van der Waals surface area contributed by atoms with E-state index in [4.69, 9.17) is 0 Å². The molecule has 1 aliphatic heterocycles. The highest BCUT2D eigenvalue weighted by Crippen LogP contribution is 2.37. The van der Waals surface area contributed by atoms with Crippen molar-refractivity contribution in [1.82, 2.24) is 0 Å². The van der Waals surface area contributed by atoms with E-state index in [9.17, 15) is 0 Å². The molecule has 1 heterocycles. The molecule has 1 unspecified atom stereocenters. The van der Waals surface area contributed by atoms with Gasteiger partial charge in [-0.05, 0) is 25.1 Å². The Labute approximate surface area is 91.6 Å². The van der Waals surface area contributed by atoms with Crippen molar-refractivity contribution in [3.63, 3.8) is 0 Å². The van der Waals surface area contributed by atoms with Crippen molar-refractivity contribution < 1.29 is 0 Å². The van der Waals surface area contributed by atoms with Crippen LogP contribution in [0.2, 0.25) is 0 Å². The molecule has 0 bridgehead atoms. The first kappa shape index (κ1) is 9.41. The summed E-state index contributed by atoms with van der Waals surface area (Å²) in [6, 6.07) is 7.12. The molecule has 0 radical (unpaired) electrons. The van der Waals surface area contributed by atoms with Crippen LogP contribution in [0.4, 0.5) is 5.69 Å². The maximum absolute atomic E-state index is 3.50. The summed E-state index contributed by atoms with van der Waals surface area (Å²) in [5, 5.41) is 0. The predicted molar refractivity (Wildman–Crippen MR) is 62.7 cm³/mol. The van der Waals surface area contributed by atoms with E-state index in [-0.39, 0.29) is 0 Å². The standard InChI is InChI=1S/C10H12BrNS/c1-7-6-13-10-4-3-8(11)5-9(10)12(7)2/h3-5,7H,6H2,1-2H3. The Morgan fingerprint density at radius 2 is 2.31 bits per heavy atom. The summed E-state index contributed by atoms with van der Waals surface area (Å²) in [6.07, 6.45) is 0. The van der Waals surface area contributed by atoms with Crippen LogP contribution in [0.5, 0.6) is 0 Å². The second-order valence-electron chi connectivity index (χ2n) is 3.38.